The smallest absolute Gasteiger partial charge is 0.351 e. The van der Waals surface area contributed by atoms with E-state index in [0.29, 0.717) is 11.4 Å². The number of aromatic amines is 1. The number of halogens is 2. The van der Waals surface area contributed by atoms with Crippen molar-refractivity contribution in [1.82, 2.24) is 15.0 Å². The second-order valence-electron chi connectivity index (χ2n) is 13.5. The van der Waals surface area contributed by atoms with Gasteiger partial charge >= 0.3 is 15.7 Å². The molecule has 10 N–H and O–H groups in total. The minimum absolute atomic E-state index is 0.00697. The van der Waals surface area contributed by atoms with Crippen LogP contribution in [-0.4, -0.2) is 76.5 Å². The molecule has 25 nitrogen and oxygen atoms in total. The SMILES string of the molecule is COc1cc(N)c(Cl)cc1Nc1nc(Nc2cc(Cl)c(N=Nc3cc(S(=O)(=O)O)c4cccc(S(=O)(=O)O)c4c3)cc2OC)[nH]c(=O)n1.Nc1cc(S(=O)(=O)O)c2cccc(S(=O)(=O)N=O)c2c1. The molecule has 0 bridgehead atoms. The average Bonchev–Trinajstić information content (AvgIpc) is 3.25. The summed E-state index contributed by atoms with van der Waals surface area (Å²) >= 11 is 12.6. The maximum atomic E-state index is 12.4. The van der Waals surface area contributed by atoms with Crippen molar-refractivity contribution in [3.63, 3.8) is 0 Å². The Morgan fingerprint density at radius 3 is 1.76 bits per heavy atom. The van der Waals surface area contributed by atoms with Crippen molar-refractivity contribution in [1.29, 1.82) is 0 Å². The van der Waals surface area contributed by atoms with Gasteiger partial charge in [-0.3, -0.25) is 18.6 Å². The van der Waals surface area contributed by atoms with Crippen molar-refractivity contribution in [2.24, 2.45) is 14.8 Å². The number of H-pyrrole nitrogens is 1. The summed E-state index contributed by atoms with van der Waals surface area (Å²) in [4.78, 5) is 30.9. The zero-order valence-corrected chi connectivity index (χ0v) is 38.9. The molecule has 1 aromatic heterocycles. The molecule has 0 fully saturated rings. The van der Waals surface area contributed by atoms with E-state index in [4.69, 9.17) is 48.7 Å². The van der Waals surface area contributed by atoms with Gasteiger partial charge in [0.05, 0.1) is 51.6 Å². The highest BCUT2D eigenvalue weighted by atomic mass is 35.5. The van der Waals surface area contributed by atoms with Gasteiger partial charge < -0.3 is 31.6 Å². The summed E-state index contributed by atoms with van der Waals surface area (Å²) in [5.74, 6) is 0.239. The highest BCUT2D eigenvalue weighted by molar-refractivity contribution is 7.90. The molecular formula is C37H30Cl2N10O15S4. The standard InChI is InChI=1S/C27H22Cl2N8O9S2.C10H8N2O6S2/c1-45-21-10-17(30)15(28)8-19(21)31-25-33-26(35-27(38)34-25)32-20-9-16(29)18(11-22(20)46-2)37-36-12-6-14-13(24(7-12)48(42,43)44)4-3-5-23(14)47(39,40)41;11-6-4-8-7(10(5-6)20(16,17)18)2-1-3-9(8)19(14,15)12-13/h3-11H,30H2,1-2H3,(H,39,40,41)(H,42,43,44)(H3,31,32,33,34,35,38);1-5H,11H2,(H,16,17,18). The summed E-state index contributed by atoms with van der Waals surface area (Å²) in [6.07, 6.45) is 0. The fourth-order valence-corrected chi connectivity index (χ4v) is 9.52. The third-order valence-corrected chi connectivity index (χ3v) is 13.5. The number of nitroso groups, excluding NO2 is 1. The van der Waals surface area contributed by atoms with Crippen molar-refractivity contribution >= 4 is 131 Å². The Morgan fingerprint density at radius 1 is 0.632 bits per heavy atom. The van der Waals surface area contributed by atoms with Gasteiger partial charge in [-0.15, -0.1) is 10.0 Å². The summed E-state index contributed by atoms with van der Waals surface area (Å²) in [5, 5.41) is 13.3. The maximum absolute atomic E-state index is 12.4. The van der Waals surface area contributed by atoms with E-state index >= 15 is 0 Å². The molecule has 1 heterocycles. The van der Waals surface area contributed by atoms with Gasteiger partial charge in [-0.2, -0.15) is 48.8 Å². The molecule has 7 rings (SSSR count). The number of nitrogen functional groups attached to an aromatic ring is 2. The third kappa shape index (κ3) is 11.2. The molecule has 0 spiro atoms. The van der Waals surface area contributed by atoms with Crippen LogP contribution in [0.25, 0.3) is 21.5 Å². The number of aromatic nitrogens is 3. The first-order valence-corrected chi connectivity index (χ1v) is 24.6. The van der Waals surface area contributed by atoms with Gasteiger partial charge in [0.2, 0.25) is 11.9 Å². The van der Waals surface area contributed by atoms with Crippen LogP contribution >= 0.6 is 23.2 Å². The fraction of sp³-hybridized carbons (Fsp3) is 0.0541. The molecule has 356 valence electrons. The Bertz CT molecular complexity index is 3770. The predicted molar refractivity (Wildman–Crippen MR) is 249 cm³/mol. The molecule has 0 radical (unpaired) electrons. The highest BCUT2D eigenvalue weighted by Crippen LogP contribution is 2.40. The van der Waals surface area contributed by atoms with E-state index in [1.54, 1.807) is 0 Å². The van der Waals surface area contributed by atoms with E-state index in [9.17, 15) is 52.5 Å². The number of sulfonamides is 1. The van der Waals surface area contributed by atoms with E-state index in [1.807, 2.05) is 4.58 Å². The number of fused-ring (bicyclic) bond motifs is 2. The van der Waals surface area contributed by atoms with Gasteiger partial charge in [-0.05, 0) is 48.5 Å². The summed E-state index contributed by atoms with van der Waals surface area (Å²) in [6.45, 7) is 0. The number of azo groups is 1. The first kappa shape index (κ1) is 50.3. The zero-order chi connectivity index (χ0) is 50.1. The predicted octanol–water partition coefficient (Wildman–Crippen LogP) is 6.74. The number of methoxy groups -OCH3 is 2. The van der Waals surface area contributed by atoms with Crippen molar-refractivity contribution in [2.75, 3.05) is 36.3 Å². The number of hydrogen-bond donors (Lipinski definition) is 8. The summed E-state index contributed by atoms with van der Waals surface area (Å²) in [5.41, 5.74) is 11.1. The van der Waals surface area contributed by atoms with Crippen LogP contribution < -0.4 is 37.3 Å². The van der Waals surface area contributed by atoms with E-state index < -0.39 is 65.6 Å². The molecule has 0 aliphatic heterocycles. The van der Waals surface area contributed by atoms with E-state index in [0.717, 1.165) is 30.3 Å². The monoisotopic (exact) mass is 1050 g/mol. The molecular weight excluding hydrogens is 1020 g/mol. The van der Waals surface area contributed by atoms with Gasteiger partial charge in [0.1, 0.15) is 36.8 Å². The van der Waals surface area contributed by atoms with Crippen LogP contribution in [0.3, 0.4) is 0 Å². The van der Waals surface area contributed by atoms with E-state index in [1.165, 1.54) is 68.8 Å². The number of rotatable bonds is 13. The van der Waals surface area contributed by atoms with Gasteiger partial charge in [0.15, 0.2) is 0 Å². The summed E-state index contributed by atoms with van der Waals surface area (Å²) in [7, 11) is -16.0. The number of benzene rings is 6. The highest BCUT2D eigenvalue weighted by Gasteiger charge is 2.24. The molecule has 6 aromatic carbocycles. The largest absolute Gasteiger partial charge is 0.494 e. The van der Waals surface area contributed by atoms with E-state index in [2.05, 4.69) is 35.8 Å². The Balaban J connectivity index is 0.000000317. The molecule has 31 heteroatoms. The molecule has 0 amide bonds. The molecule has 7 aromatic rings. The molecule has 0 atom stereocenters. The maximum Gasteiger partial charge on any atom is 0.351 e. The van der Waals surface area contributed by atoms with Crippen LogP contribution in [-0.2, 0) is 40.4 Å². The lowest BCUT2D eigenvalue weighted by Crippen LogP contribution is -2.17. The first-order chi connectivity index (χ1) is 31.7. The van der Waals surface area contributed by atoms with Crippen molar-refractivity contribution in [3.05, 3.63) is 110 Å². The zero-order valence-electron chi connectivity index (χ0n) is 34.1. The molecule has 0 aliphatic rings. The summed E-state index contributed by atoms with van der Waals surface area (Å²) < 4.78 is 135. The summed E-state index contributed by atoms with van der Waals surface area (Å²) in [6, 6.07) is 17.0. The number of ether oxygens (including phenoxy) is 2. The second-order valence-corrected chi connectivity index (χ2v) is 20.0. The van der Waals surface area contributed by atoms with Gasteiger partial charge in [0, 0.05) is 39.4 Å². The number of nitrogens with zero attached hydrogens (tertiary/aromatic N) is 5. The van der Waals surface area contributed by atoms with Crippen molar-refractivity contribution in [3.8, 4) is 11.5 Å². The van der Waals surface area contributed by atoms with Crippen LogP contribution in [0.2, 0.25) is 10.0 Å². The number of nitrogens with two attached hydrogens (primary N) is 2. The third-order valence-electron chi connectivity index (χ3n) is 9.06. The van der Waals surface area contributed by atoms with Crippen LogP contribution in [0.5, 0.6) is 11.5 Å². The van der Waals surface area contributed by atoms with Gasteiger partial charge in [0.25, 0.3) is 30.4 Å². The van der Waals surface area contributed by atoms with Crippen LogP contribution in [0.1, 0.15) is 0 Å². The molecule has 0 saturated heterocycles. The van der Waals surface area contributed by atoms with Crippen molar-refractivity contribution < 1.29 is 56.8 Å². The molecule has 68 heavy (non-hydrogen) atoms. The fourth-order valence-electron chi connectivity index (χ4n) is 6.21. The van der Waals surface area contributed by atoms with Crippen molar-refractivity contribution in [2.45, 2.75) is 19.6 Å². The molecule has 0 saturated carbocycles. The molecule has 0 unspecified atom stereocenters. The lowest BCUT2D eigenvalue weighted by atomic mass is 10.1. The lowest BCUT2D eigenvalue weighted by Gasteiger charge is -2.14. The Labute approximate surface area is 393 Å². The van der Waals surface area contributed by atoms with Crippen LogP contribution in [0.15, 0.2) is 124 Å². The van der Waals surface area contributed by atoms with Crippen LogP contribution in [0.4, 0.5) is 46.0 Å². The first-order valence-electron chi connectivity index (χ1n) is 18.1. The average molecular weight is 1050 g/mol. The number of nitrogens with one attached hydrogen (secondary N) is 3. The minimum atomic E-state index is -4.87. The quantitative estimate of drug-likeness (QED) is 0.0256. The van der Waals surface area contributed by atoms with Gasteiger partial charge in [-0.25, -0.2) is 4.79 Å². The minimum Gasteiger partial charge on any atom is -0.494 e. The Hall–Kier alpha value is -7.09. The van der Waals surface area contributed by atoms with Gasteiger partial charge in [-0.1, -0.05) is 47.5 Å². The Kier molecular flexibility index (Phi) is 14.3. The van der Waals surface area contributed by atoms with Crippen LogP contribution in [0, 0.1) is 4.91 Å². The number of anilines is 6. The lowest BCUT2D eigenvalue weighted by molar-refractivity contribution is 0.417. The Morgan fingerprint density at radius 2 is 1.18 bits per heavy atom. The van der Waals surface area contributed by atoms with E-state index in [-0.39, 0.29) is 77.7 Å². The number of hydrogen-bond acceptors (Lipinski definition) is 20. The topological polar surface area (TPSA) is 405 Å². The second kappa shape index (κ2) is 19.3. The normalized spacial score (nSPS) is 12.1. The molecule has 0 aliphatic carbocycles.